The molecule has 0 fully saturated rings. The van der Waals surface area contributed by atoms with Gasteiger partial charge in [-0.2, -0.15) is 0 Å². The molecule has 3 heteroatoms. The highest BCUT2D eigenvalue weighted by Gasteiger charge is 1.97. The third-order valence-corrected chi connectivity index (χ3v) is 1.13. The van der Waals surface area contributed by atoms with Gasteiger partial charge in [-0.15, -0.1) is 0 Å². The largest absolute Gasteiger partial charge is 0.291 e. The van der Waals surface area contributed by atoms with Gasteiger partial charge in [-0.05, 0) is 6.42 Å². The number of hydrogen-bond acceptors (Lipinski definition) is 2. The minimum absolute atomic E-state index is 0.0333. The van der Waals surface area contributed by atoms with Crippen LogP contribution >= 0.6 is 0 Å². The zero-order valence-corrected chi connectivity index (χ0v) is 5.18. The lowest BCUT2D eigenvalue weighted by Gasteiger charge is -2.06. The maximum Gasteiger partial charge on any atom is 0.237 e. The number of hydrazine groups is 1. The molecular formula is C6H10N2O. The molecule has 0 aromatic rings. The Balaban J connectivity index is 2.37. The molecule has 2 N–H and O–H groups in total. The summed E-state index contributed by atoms with van der Waals surface area (Å²) in [7, 11) is 0. The van der Waals surface area contributed by atoms with E-state index in [9.17, 15) is 4.79 Å². The lowest BCUT2D eigenvalue weighted by atomic mass is 10.3. The monoisotopic (exact) mass is 126 g/mol. The molecule has 0 saturated heterocycles. The average Bonchev–Trinajstić information content (AvgIpc) is 1.79. The first-order chi connectivity index (χ1) is 4.39. The van der Waals surface area contributed by atoms with E-state index in [1.54, 1.807) is 0 Å². The minimum atomic E-state index is 0.0333. The van der Waals surface area contributed by atoms with Crippen LogP contribution in [0.15, 0.2) is 12.2 Å². The van der Waals surface area contributed by atoms with Crippen LogP contribution in [0.1, 0.15) is 12.8 Å². The summed E-state index contributed by atoms with van der Waals surface area (Å²) >= 11 is 0. The first-order valence-corrected chi connectivity index (χ1v) is 3.06. The van der Waals surface area contributed by atoms with Crippen molar-refractivity contribution in [1.29, 1.82) is 0 Å². The minimum Gasteiger partial charge on any atom is -0.291 e. The van der Waals surface area contributed by atoms with E-state index in [0.717, 1.165) is 13.0 Å². The molecule has 0 aromatic heterocycles. The van der Waals surface area contributed by atoms with Crippen molar-refractivity contribution in [3.63, 3.8) is 0 Å². The van der Waals surface area contributed by atoms with Crippen molar-refractivity contribution >= 4 is 5.91 Å². The van der Waals surface area contributed by atoms with Gasteiger partial charge in [-0.25, -0.2) is 5.43 Å². The Kier molecular flexibility index (Phi) is 2.27. The molecule has 9 heavy (non-hydrogen) atoms. The van der Waals surface area contributed by atoms with E-state index in [4.69, 9.17) is 0 Å². The van der Waals surface area contributed by atoms with Crippen molar-refractivity contribution in [2.75, 3.05) is 6.54 Å². The fraction of sp³-hybridized carbons (Fsp3) is 0.500. The molecule has 0 radical (unpaired) electrons. The van der Waals surface area contributed by atoms with E-state index in [-0.39, 0.29) is 5.91 Å². The van der Waals surface area contributed by atoms with Crippen molar-refractivity contribution < 1.29 is 4.79 Å². The van der Waals surface area contributed by atoms with Crippen LogP contribution in [0.5, 0.6) is 0 Å². The third-order valence-electron chi connectivity index (χ3n) is 1.13. The second kappa shape index (κ2) is 3.25. The summed E-state index contributed by atoms with van der Waals surface area (Å²) in [6, 6.07) is 0. The Hall–Kier alpha value is -0.830. The summed E-state index contributed by atoms with van der Waals surface area (Å²) in [5.74, 6) is 0.0333. The number of carbonyl (C=O) groups is 1. The fourth-order valence-electron chi connectivity index (χ4n) is 0.676. The highest BCUT2D eigenvalue weighted by Crippen LogP contribution is 1.88. The Labute approximate surface area is 54.1 Å². The van der Waals surface area contributed by atoms with Gasteiger partial charge in [-0.3, -0.25) is 10.2 Å². The van der Waals surface area contributed by atoms with Crippen LogP contribution in [0.4, 0.5) is 0 Å². The van der Waals surface area contributed by atoms with E-state index in [1.165, 1.54) is 0 Å². The molecule has 1 rings (SSSR count). The smallest absolute Gasteiger partial charge is 0.237 e. The van der Waals surface area contributed by atoms with Gasteiger partial charge < -0.3 is 0 Å². The van der Waals surface area contributed by atoms with Gasteiger partial charge in [0, 0.05) is 13.0 Å². The normalized spacial score (nSPS) is 23.8. The van der Waals surface area contributed by atoms with Gasteiger partial charge in [0.1, 0.15) is 0 Å². The molecule has 0 aliphatic carbocycles. The summed E-state index contributed by atoms with van der Waals surface area (Å²) in [6.45, 7) is 0.822. The van der Waals surface area contributed by atoms with E-state index in [1.807, 2.05) is 12.2 Å². The number of hydrogen-bond donors (Lipinski definition) is 2. The average molecular weight is 126 g/mol. The summed E-state index contributed by atoms with van der Waals surface area (Å²) in [5.41, 5.74) is 5.33. The van der Waals surface area contributed by atoms with Gasteiger partial charge in [-0.1, -0.05) is 12.2 Å². The predicted octanol–water partition coefficient (Wildman–Crippen LogP) is -0.0428. The maximum absolute atomic E-state index is 10.6. The zero-order valence-electron chi connectivity index (χ0n) is 5.18. The van der Waals surface area contributed by atoms with Crippen molar-refractivity contribution in [2.45, 2.75) is 12.8 Å². The van der Waals surface area contributed by atoms with Gasteiger partial charge in [0.2, 0.25) is 5.91 Å². The second-order valence-corrected chi connectivity index (χ2v) is 1.94. The Bertz CT molecular complexity index is 131. The standard InChI is InChI=1S/C6H10N2O/c9-6-4-2-1-3-5-7-8-6/h1-2,7H,3-5H2,(H,8,9)/b2-1-. The number of nitrogens with one attached hydrogen (secondary N) is 2. The number of carbonyl (C=O) groups excluding carboxylic acids is 1. The van der Waals surface area contributed by atoms with Crippen LogP contribution in [-0.2, 0) is 4.79 Å². The number of rotatable bonds is 0. The third kappa shape index (κ3) is 2.28. The van der Waals surface area contributed by atoms with Crippen LogP contribution in [0.2, 0.25) is 0 Å². The van der Waals surface area contributed by atoms with Gasteiger partial charge in [0.05, 0.1) is 0 Å². The van der Waals surface area contributed by atoms with Crippen LogP contribution < -0.4 is 10.9 Å². The summed E-state index contributed by atoms with van der Waals surface area (Å²) in [6.07, 6.45) is 5.37. The van der Waals surface area contributed by atoms with Crippen LogP contribution in [-0.4, -0.2) is 12.5 Å². The fourth-order valence-corrected chi connectivity index (χ4v) is 0.676. The Morgan fingerprint density at radius 1 is 1.44 bits per heavy atom. The lowest BCUT2D eigenvalue weighted by molar-refractivity contribution is -0.121. The molecular weight excluding hydrogens is 116 g/mol. The molecule has 50 valence electrons. The molecule has 0 spiro atoms. The van der Waals surface area contributed by atoms with Crippen molar-refractivity contribution in [3.05, 3.63) is 12.2 Å². The molecule has 1 amide bonds. The van der Waals surface area contributed by atoms with Crippen molar-refractivity contribution in [2.24, 2.45) is 0 Å². The molecule has 1 aliphatic rings. The van der Waals surface area contributed by atoms with Crippen molar-refractivity contribution in [3.8, 4) is 0 Å². The quantitative estimate of drug-likeness (QED) is 0.447. The van der Waals surface area contributed by atoms with E-state index >= 15 is 0 Å². The predicted molar refractivity (Wildman–Crippen MR) is 34.5 cm³/mol. The van der Waals surface area contributed by atoms with Gasteiger partial charge in [0.15, 0.2) is 0 Å². The van der Waals surface area contributed by atoms with Gasteiger partial charge in [0.25, 0.3) is 0 Å². The van der Waals surface area contributed by atoms with Gasteiger partial charge >= 0.3 is 0 Å². The molecule has 0 atom stereocenters. The highest BCUT2D eigenvalue weighted by molar-refractivity contribution is 5.76. The SMILES string of the molecule is O=C1C/C=C\CCNN1. The first kappa shape index (κ1) is 6.29. The van der Waals surface area contributed by atoms with Crippen molar-refractivity contribution in [1.82, 2.24) is 10.9 Å². The topological polar surface area (TPSA) is 41.1 Å². The second-order valence-electron chi connectivity index (χ2n) is 1.94. The molecule has 0 saturated carbocycles. The lowest BCUT2D eigenvalue weighted by Crippen LogP contribution is -2.38. The maximum atomic E-state index is 10.6. The summed E-state index contributed by atoms with van der Waals surface area (Å²) < 4.78 is 0. The van der Waals surface area contributed by atoms with Crippen LogP contribution in [0.3, 0.4) is 0 Å². The molecule has 0 bridgehead atoms. The summed E-state index contributed by atoms with van der Waals surface area (Å²) in [5, 5.41) is 0. The first-order valence-electron chi connectivity index (χ1n) is 3.06. The van der Waals surface area contributed by atoms with Crippen LogP contribution in [0, 0.1) is 0 Å². The zero-order chi connectivity index (χ0) is 6.53. The van der Waals surface area contributed by atoms with E-state index in [0.29, 0.717) is 6.42 Å². The molecule has 1 aliphatic heterocycles. The van der Waals surface area contributed by atoms with E-state index in [2.05, 4.69) is 10.9 Å². The summed E-state index contributed by atoms with van der Waals surface area (Å²) in [4.78, 5) is 10.6. The van der Waals surface area contributed by atoms with E-state index < -0.39 is 0 Å². The molecule has 0 unspecified atom stereocenters. The molecule has 0 aromatic carbocycles. The molecule has 3 nitrogen and oxygen atoms in total. The Morgan fingerprint density at radius 3 is 3.22 bits per heavy atom. The van der Waals surface area contributed by atoms with Crippen LogP contribution in [0.25, 0.3) is 0 Å². The Morgan fingerprint density at radius 2 is 2.33 bits per heavy atom. The molecule has 1 heterocycles. The highest BCUT2D eigenvalue weighted by atomic mass is 16.2. The number of amides is 1.